The molecular weight excluding hydrogens is 374 g/mol. The fourth-order valence-electron chi connectivity index (χ4n) is 1.68. The monoisotopic (exact) mass is 392 g/mol. The van der Waals surface area contributed by atoms with Crippen LogP contribution in [0.15, 0.2) is 29.2 Å². The summed E-state index contributed by atoms with van der Waals surface area (Å²) in [6.45, 7) is 1.58. The van der Waals surface area contributed by atoms with Crippen LogP contribution in [0.25, 0.3) is 0 Å². The molecule has 0 unspecified atom stereocenters. The maximum Gasteiger partial charge on any atom is 0.341 e. The minimum Gasteiger partial charge on any atom is -0.452 e. The van der Waals surface area contributed by atoms with E-state index in [-0.39, 0.29) is 5.56 Å². The first-order valence-corrected chi connectivity index (χ1v) is 9.10. The number of alkyl halides is 2. The highest BCUT2D eigenvalue weighted by molar-refractivity contribution is 7.91. The lowest BCUT2D eigenvalue weighted by Crippen LogP contribution is -2.41. The van der Waals surface area contributed by atoms with E-state index in [0.29, 0.717) is 6.54 Å². The molecule has 1 rings (SSSR count). The van der Waals surface area contributed by atoms with Crippen LogP contribution >= 0.6 is 0 Å². The quantitative estimate of drug-likeness (QED) is 0.511. The lowest BCUT2D eigenvalue weighted by molar-refractivity contribution is -0.123. The number of benzene rings is 1. The van der Waals surface area contributed by atoms with Crippen molar-refractivity contribution in [3.05, 3.63) is 29.8 Å². The van der Waals surface area contributed by atoms with Gasteiger partial charge in [0.2, 0.25) is 9.84 Å². The third-order valence-corrected chi connectivity index (χ3v) is 4.45. The second-order valence-electron chi connectivity index (χ2n) is 5.06. The molecular formula is C15H18F2N2O6S. The van der Waals surface area contributed by atoms with E-state index in [2.05, 4.69) is 10.1 Å². The summed E-state index contributed by atoms with van der Waals surface area (Å²) in [6, 6.07) is 2.90. The van der Waals surface area contributed by atoms with Gasteiger partial charge < -0.3 is 10.1 Å². The summed E-state index contributed by atoms with van der Waals surface area (Å²) in [5, 5.41) is 4.39. The first-order chi connectivity index (χ1) is 12.2. The molecule has 1 aromatic carbocycles. The van der Waals surface area contributed by atoms with Crippen LogP contribution < -0.4 is 10.6 Å². The summed E-state index contributed by atoms with van der Waals surface area (Å²) in [5.74, 6) is -5.41. The van der Waals surface area contributed by atoms with Crippen molar-refractivity contribution in [1.82, 2.24) is 10.6 Å². The van der Waals surface area contributed by atoms with Crippen LogP contribution in [0.5, 0.6) is 0 Å². The van der Waals surface area contributed by atoms with Crippen LogP contribution in [-0.4, -0.2) is 45.2 Å². The largest absolute Gasteiger partial charge is 0.452 e. The first-order valence-electron chi connectivity index (χ1n) is 7.55. The van der Waals surface area contributed by atoms with Gasteiger partial charge in [-0.05, 0) is 30.7 Å². The van der Waals surface area contributed by atoms with Gasteiger partial charge in [0, 0.05) is 6.54 Å². The summed E-state index contributed by atoms with van der Waals surface area (Å²) < 4.78 is 52.0. The second-order valence-corrected chi connectivity index (χ2v) is 6.98. The lowest BCUT2D eigenvalue weighted by atomic mass is 10.2. The molecule has 2 N–H and O–H groups in total. The number of urea groups is 1. The average molecular weight is 392 g/mol. The molecule has 1 aromatic rings. The number of unbranched alkanes of at least 4 members (excludes halogenated alkanes) is 1. The van der Waals surface area contributed by atoms with Crippen LogP contribution in [-0.2, 0) is 19.4 Å². The zero-order valence-corrected chi connectivity index (χ0v) is 14.6. The molecule has 0 radical (unpaired) electrons. The van der Waals surface area contributed by atoms with Crippen LogP contribution in [0.4, 0.5) is 13.6 Å². The summed E-state index contributed by atoms with van der Waals surface area (Å²) in [5.41, 5.74) is -0.140. The van der Waals surface area contributed by atoms with Crippen LogP contribution in [0.3, 0.4) is 0 Å². The van der Waals surface area contributed by atoms with Gasteiger partial charge in [0.1, 0.15) is 0 Å². The number of amides is 3. The van der Waals surface area contributed by atoms with Gasteiger partial charge in [-0.25, -0.2) is 18.0 Å². The van der Waals surface area contributed by atoms with Crippen LogP contribution in [0.2, 0.25) is 0 Å². The minimum absolute atomic E-state index is 0.140. The lowest BCUT2D eigenvalue weighted by Gasteiger charge is -2.08. The van der Waals surface area contributed by atoms with Crippen molar-refractivity contribution in [3.63, 3.8) is 0 Å². The molecule has 144 valence electrons. The Hall–Kier alpha value is -2.56. The van der Waals surface area contributed by atoms with E-state index >= 15 is 0 Å². The van der Waals surface area contributed by atoms with Gasteiger partial charge in [-0.2, -0.15) is 8.78 Å². The van der Waals surface area contributed by atoms with Crippen molar-refractivity contribution >= 4 is 27.7 Å². The molecule has 0 saturated carbocycles. The number of carbonyl (C=O) groups excluding carboxylic acids is 3. The third-order valence-electron chi connectivity index (χ3n) is 3.06. The normalized spacial score (nSPS) is 11.1. The predicted molar refractivity (Wildman–Crippen MR) is 86.4 cm³/mol. The number of esters is 1. The van der Waals surface area contributed by atoms with Gasteiger partial charge >= 0.3 is 17.8 Å². The van der Waals surface area contributed by atoms with E-state index in [1.807, 2.05) is 12.2 Å². The van der Waals surface area contributed by atoms with Gasteiger partial charge in [-0.15, -0.1) is 0 Å². The van der Waals surface area contributed by atoms with E-state index in [1.54, 1.807) is 0 Å². The molecule has 0 bridgehead atoms. The average Bonchev–Trinajstić information content (AvgIpc) is 2.59. The Bertz CT molecular complexity index is 750. The van der Waals surface area contributed by atoms with Crippen molar-refractivity contribution < 1.29 is 36.3 Å². The Morgan fingerprint density at radius 3 is 2.31 bits per heavy atom. The topological polar surface area (TPSA) is 119 Å². The van der Waals surface area contributed by atoms with Crippen molar-refractivity contribution in [2.24, 2.45) is 0 Å². The van der Waals surface area contributed by atoms with Crippen molar-refractivity contribution in [3.8, 4) is 0 Å². The van der Waals surface area contributed by atoms with Crippen molar-refractivity contribution in [2.75, 3.05) is 13.2 Å². The Labute approximate surface area is 148 Å². The molecule has 0 aromatic heterocycles. The SMILES string of the molecule is CCCCNC(=O)NC(=O)COC(=O)c1ccc(S(=O)(=O)C(F)F)cc1. The van der Waals surface area contributed by atoms with Crippen LogP contribution in [0, 0.1) is 0 Å². The zero-order valence-electron chi connectivity index (χ0n) is 13.8. The molecule has 11 heteroatoms. The third kappa shape index (κ3) is 6.39. The number of carbonyl (C=O) groups is 3. The number of nitrogens with one attached hydrogen (secondary N) is 2. The summed E-state index contributed by atoms with van der Waals surface area (Å²) in [4.78, 5) is 33.9. The van der Waals surface area contributed by atoms with E-state index in [1.165, 1.54) is 0 Å². The number of hydrogen-bond acceptors (Lipinski definition) is 6. The number of halogens is 2. The highest BCUT2D eigenvalue weighted by atomic mass is 32.2. The van der Waals surface area contributed by atoms with E-state index in [0.717, 1.165) is 37.1 Å². The second kappa shape index (κ2) is 9.80. The molecule has 0 aliphatic heterocycles. The standard InChI is InChI=1S/C15H18F2N2O6S/c1-2-3-8-18-15(22)19-12(20)9-25-13(21)10-4-6-11(7-5-10)26(23,24)14(16)17/h4-7,14H,2-3,8-9H2,1H3,(H2,18,19,20,22). The Morgan fingerprint density at radius 1 is 1.15 bits per heavy atom. The Kier molecular flexibility index (Phi) is 8.10. The zero-order chi connectivity index (χ0) is 19.7. The van der Waals surface area contributed by atoms with Gasteiger partial charge in [0.25, 0.3) is 5.91 Å². The van der Waals surface area contributed by atoms with E-state index < -0.39 is 45.0 Å². The Balaban J connectivity index is 2.53. The van der Waals surface area contributed by atoms with E-state index in [4.69, 9.17) is 0 Å². The predicted octanol–water partition coefficient (Wildman–Crippen LogP) is 1.47. The number of ether oxygens (including phenoxy) is 1. The number of hydrogen-bond donors (Lipinski definition) is 2. The first kappa shape index (κ1) is 21.5. The molecule has 0 aliphatic rings. The van der Waals surface area contributed by atoms with E-state index in [9.17, 15) is 31.6 Å². The molecule has 3 amide bonds. The fraction of sp³-hybridized carbons (Fsp3) is 0.400. The molecule has 26 heavy (non-hydrogen) atoms. The molecule has 0 atom stereocenters. The van der Waals surface area contributed by atoms with Gasteiger partial charge in [-0.3, -0.25) is 10.1 Å². The van der Waals surface area contributed by atoms with Crippen molar-refractivity contribution in [1.29, 1.82) is 0 Å². The van der Waals surface area contributed by atoms with Gasteiger partial charge in [0.15, 0.2) is 6.61 Å². The summed E-state index contributed by atoms with van der Waals surface area (Å²) in [6.07, 6.45) is 1.61. The molecule has 0 heterocycles. The molecule has 0 saturated heterocycles. The highest BCUT2D eigenvalue weighted by Gasteiger charge is 2.26. The summed E-state index contributed by atoms with van der Waals surface area (Å²) >= 11 is 0. The van der Waals surface area contributed by atoms with Gasteiger partial charge in [-0.1, -0.05) is 13.3 Å². The fourth-order valence-corrected chi connectivity index (χ4v) is 2.40. The Morgan fingerprint density at radius 2 is 1.77 bits per heavy atom. The summed E-state index contributed by atoms with van der Waals surface area (Å²) in [7, 11) is -4.76. The highest BCUT2D eigenvalue weighted by Crippen LogP contribution is 2.18. The van der Waals surface area contributed by atoms with Crippen molar-refractivity contribution in [2.45, 2.75) is 30.4 Å². The molecule has 8 nitrogen and oxygen atoms in total. The maximum atomic E-state index is 12.4. The van der Waals surface area contributed by atoms with Crippen LogP contribution in [0.1, 0.15) is 30.1 Å². The maximum absolute atomic E-state index is 12.4. The number of sulfone groups is 1. The molecule has 0 spiro atoms. The smallest absolute Gasteiger partial charge is 0.341 e. The number of imide groups is 1. The minimum atomic E-state index is -4.76. The molecule has 0 aliphatic carbocycles. The van der Waals surface area contributed by atoms with Gasteiger partial charge in [0.05, 0.1) is 10.5 Å². The molecule has 0 fully saturated rings. The number of rotatable bonds is 8.